The Hall–Kier alpha value is -2.38. The Labute approximate surface area is 125 Å². The summed E-state index contributed by atoms with van der Waals surface area (Å²) in [6.07, 6.45) is 6.93. The zero-order valence-electron chi connectivity index (χ0n) is 12.1. The number of nitrogens with one attached hydrogen (secondary N) is 1. The molecule has 0 aliphatic rings. The molecular weight excluding hydrogens is 266 g/mol. The van der Waals surface area contributed by atoms with Crippen LogP contribution in [-0.2, 0) is 13.1 Å². The van der Waals surface area contributed by atoms with Crippen LogP contribution < -0.4 is 14.8 Å². The smallest absolute Gasteiger partial charge is 0.167 e. The molecule has 2 aromatic rings. The molecule has 0 atom stereocenters. The van der Waals surface area contributed by atoms with Gasteiger partial charge in [-0.2, -0.15) is 0 Å². The number of furan rings is 1. The molecule has 110 valence electrons. The van der Waals surface area contributed by atoms with Gasteiger partial charge in [0.05, 0.1) is 19.4 Å². The van der Waals surface area contributed by atoms with Crippen LogP contribution in [0.15, 0.2) is 41.0 Å². The maximum atomic E-state index is 5.63. The minimum Gasteiger partial charge on any atom is -0.490 e. The Kier molecular flexibility index (Phi) is 5.74. The van der Waals surface area contributed by atoms with E-state index in [4.69, 9.17) is 20.3 Å². The number of hydrogen-bond acceptors (Lipinski definition) is 4. The van der Waals surface area contributed by atoms with Gasteiger partial charge in [-0.25, -0.2) is 0 Å². The van der Waals surface area contributed by atoms with Crippen LogP contribution in [0.3, 0.4) is 0 Å². The van der Waals surface area contributed by atoms with Crippen LogP contribution in [-0.4, -0.2) is 13.2 Å². The van der Waals surface area contributed by atoms with Crippen molar-refractivity contribution < 1.29 is 13.9 Å². The largest absolute Gasteiger partial charge is 0.490 e. The van der Waals surface area contributed by atoms with Crippen LogP contribution in [0, 0.1) is 12.3 Å². The molecule has 1 aromatic heterocycles. The van der Waals surface area contributed by atoms with E-state index in [-0.39, 0.29) is 6.61 Å². The van der Waals surface area contributed by atoms with Gasteiger partial charge in [-0.15, -0.1) is 6.42 Å². The number of hydrogen-bond donors (Lipinski definition) is 1. The lowest BCUT2D eigenvalue weighted by atomic mass is 10.2. The van der Waals surface area contributed by atoms with Crippen molar-refractivity contribution in [2.45, 2.75) is 20.0 Å². The Morgan fingerprint density at radius 1 is 1.19 bits per heavy atom. The van der Waals surface area contributed by atoms with Crippen molar-refractivity contribution in [3.63, 3.8) is 0 Å². The third kappa shape index (κ3) is 4.30. The van der Waals surface area contributed by atoms with Crippen molar-refractivity contribution in [3.8, 4) is 23.8 Å². The first-order valence-corrected chi connectivity index (χ1v) is 6.89. The molecular formula is C17H19NO3. The molecule has 0 aliphatic heterocycles. The Morgan fingerprint density at radius 3 is 2.81 bits per heavy atom. The van der Waals surface area contributed by atoms with E-state index in [0.717, 1.165) is 11.3 Å². The highest BCUT2D eigenvalue weighted by molar-refractivity contribution is 5.46. The summed E-state index contributed by atoms with van der Waals surface area (Å²) in [5.74, 6) is 4.78. The van der Waals surface area contributed by atoms with Crippen molar-refractivity contribution in [1.29, 1.82) is 0 Å². The molecule has 0 spiro atoms. The molecule has 4 nitrogen and oxygen atoms in total. The summed E-state index contributed by atoms with van der Waals surface area (Å²) in [5, 5.41) is 3.31. The quantitative estimate of drug-likeness (QED) is 0.757. The second-order valence-corrected chi connectivity index (χ2v) is 4.35. The molecule has 1 heterocycles. The van der Waals surface area contributed by atoms with E-state index in [0.29, 0.717) is 31.2 Å². The molecule has 0 fully saturated rings. The third-order valence-corrected chi connectivity index (χ3v) is 2.85. The van der Waals surface area contributed by atoms with Crippen LogP contribution in [0.25, 0.3) is 0 Å². The summed E-state index contributed by atoms with van der Waals surface area (Å²) in [6, 6.07) is 9.61. The summed E-state index contributed by atoms with van der Waals surface area (Å²) in [5.41, 5.74) is 1.00. The first-order chi connectivity index (χ1) is 10.3. The van der Waals surface area contributed by atoms with Crippen molar-refractivity contribution in [3.05, 3.63) is 47.9 Å². The van der Waals surface area contributed by atoms with Gasteiger partial charge >= 0.3 is 0 Å². The lowest BCUT2D eigenvalue weighted by molar-refractivity contribution is 0.296. The Balaban J connectivity index is 2.05. The lowest BCUT2D eigenvalue weighted by Crippen LogP contribution is -2.14. The summed E-state index contributed by atoms with van der Waals surface area (Å²) in [7, 11) is 0. The maximum absolute atomic E-state index is 5.63. The van der Waals surface area contributed by atoms with Gasteiger partial charge < -0.3 is 19.2 Å². The zero-order valence-corrected chi connectivity index (χ0v) is 12.1. The number of benzene rings is 1. The van der Waals surface area contributed by atoms with Crippen LogP contribution in [0.1, 0.15) is 18.2 Å². The van der Waals surface area contributed by atoms with E-state index in [1.807, 2.05) is 37.3 Å². The fraction of sp³-hybridized carbons (Fsp3) is 0.294. The molecule has 1 N–H and O–H groups in total. The van der Waals surface area contributed by atoms with Crippen molar-refractivity contribution in [1.82, 2.24) is 5.32 Å². The lowest BCUT2D eigenvalue weighted by Gasteiger charge is -2.15. The minimum absolute atomic E-state index is 0.218. The number of terminal acetylenes is 1. The topological polar surface area (TPSA) is 43.6 Å². The molecule has 0 saturated heterocycles. The number of para-hydroxylation sites is 1. The standard InChI is InChI=1S/C17H19NO3/c1-3-10-21-17-14(7-5-9-16(17)19-4-2)12-18-13-15-8-6-11-20-15/h1,5-9,11,18H,4,10,12-13H2,2H3. The molecule has 0 radical (unpaired) electrons. The molecule has 4 heteroatoms. The van der Waals surface area contributed by atoms with Crippen LogP contribution in [0.2, 0.25) is 0 Å². The average molecular weight is 285 g/mol. The Morgan fingerprint density at radius 2 is 2.10 bits per heavy atom. The minimum atomic E-state index is 0.218. The van der Waals surface area contributed by atoms with Crippen LogP contribution >= 0.6 is 0 Å². The van der Waals surface area contributed by atoms with Gasteiger partial charge in [-0.05, 0) is 25.1 Å². The predicted octanol–water partition coefficient (Wildman–Crippen LogP) is 2.98. The van der Waals surface area contributed by atoms with Gasteiger partial charge in [-0.3, -0.25) is 0 Å². The molecule has 0 bridgehead atoms. The molecule has 0 unspecified atom stereocenters. The van der Waals surface area contributed by atoms with E-state index >= 15 is 0 Å². The fourth-order valence-corrected chi connectivity index (χ4v) is 1.98. The summed E-state index contributed by atoms with van der Waals surface area (Å²) in [6.45, 7) is 4.03. The van der Waals surface area contributed by atoms with E-state index in [1.165, 1.54) is 0 Å². The van der Waals surface area contributed by atoms with E-state index < -0.39 is 0 Å². The van der Waals surface area contributed by atoms with Gasteiger partial charge in [0.25, 0.3) is 0 Å². The third-order valence-electron chi connectivity index (χ3n) is 2.85. The first kappa shape index (κ1) is 15.0. The first-order valence-electron chi connectivity index (χ1n) is 6.89. The molecule has 0 amide bonds. The van der Waals surface area contributed by atoms with Crippen LogP contribution in [0.5, 0.6) is 11.5 Å². The molecule has 1 aromatic carbocycles. The van der Waals surface area contributed by atoms with E-state index in [9.17, 15) is 0 Å². The molecule has 0 aliphatic carbocycles. The highest BCUT2D eigenvalue weighted by atomic mass is 16.5. The maximum Gasteiger partial charge on any atom is 0.167 e. The van der Waals surface area contributed by atoms with Crippen molar-refractivity contribution in [2.24, 2.45) is 0 Å². The number of rotatable bonds is 8. The average Bonchev–Trinajstić information content (AvgIpc) is 3.00. The van der Waals surface area contributed by atoms with Gasteiger partial charge in [-0.1, -0.05) is 18.1 Å². The van der Waals surface area contributed by atoms with Gasteiger partial charge in [0.2, 0.25) is 0 Å². The van der Waals surface area contributed by atoms with Crippen molar-refractivity contribution >= 4 is 0 Å². The molecule has 0 saturated carbocycles. The highest BCUT2D eigenvalue weighted by Gasteiger charge is 2.10. The highest BCUT2D eigenvalue weighted by Crippen LogP contribution is 2.31. The number of ether oxygens (including phenoxy) is 2. The van der Waals surface area contributed by atoms with Crippen molar-refractivity contribution in [2.75, 3.05) is 13.2 Å². The summed E-state index contributed by atoms with van der Waals surface area (Å²) >= 11 is 0. The normalized spacial score (nSPS) is 10.1. The Bertz CT molecular complexity index is 585. The zero-order chi connectivity index (χ0) is 14.9. The van der Waals surface area contributed by atoms with Gasteiger partial charge in [0.15, 0.2) is 11.5 Å². The fourth-order valence-electron chi connectivity index (χ4n) is 1.98. The van der Waals surface area contributed by atoms with Crippen LogP contribution in [0.4, 0.5) is 0 Å². The predicted molar refractivity (Wildman–Crippen MR) is 81.2 cm³/mol. The molecule has 2 rings (SSSR count). The van der Waals surface area contributed by atoms with E-state index in [1.54, 1.807) is 6.26 Å². The monoisotopic (exact) mass is 285 g/mol. The summed E-state index contributed by atoms with van der Waals surface area (Å²) < 4.78 is 16.5. The van der Waals surface area contributed by atoms with Gasteiger partial charge in [0, 0.05) is 12.1 Å². The second-order valence-electron chi connectivity index (χ2n) is 4.35. The summed E-state index contributed by atoms with van der Waals surface area (Å²) in [4.78, 5) is 0. The van der Waals surface area contributed by atoms with E-state index in [2.05, 4.69) is 11.2 Å². The van der Waals surface area contributed by atoms with Gasteiger partial charge in [0.1, 0.15) is 12.4 Å². The second kappa shape index (κ2) is 8.03. The molecule has 21 heavy (non-hydrogen) atoms. The SMILES string of the molecule is C#CCOc1c(CNCc2ccco2)cccc1OCC.